The third-order valence-corrected chi connectivity index (χ3v) is 4.85. The number of ether oxygens (including phenoxy) is 3. The highest BCUT2D eigenvalue weighted by atomic mass is 16.5. The van der Waals surface area contributed by atoms with Gasteiger partial charge in [0.15, 0.2) is 23.1 Å². The van der Waals surface area contributed by atoms with Crippen LogP contribution in [0.1, 0.15) is 38.4 Å². The number of carbonyl (C=O) groups excluding carboxylic acids is 2. The van der Waals surface area contributed by atoms with E-state index in [2.05, 4.69) is 15.5 Å². The second-order valence-corrected chi connectivity index (χ2v) is 7.12. The van der Waals surface area contributed by atoms with Gasteiger partial charge in [0.1, 0.15) is 12.4 Å². The number of unbranched alkanes of at least 4 members (excludes halogenated alkanes) is 2. The van der Waals surface area contributed by atoms with Crippen LogP contribution in [0.4, 0.5) is 5.82 Å². The summed E-state index contributed by atoms with van der Waals surface area (Å²) in [6.45, 7) is 3.70. The number of esters is 1. The molecular formula is C21H27N5O5. The van der Waals surface area contributed by atoms with E-state index in [1.165, 1.54) is 6.92 Å². The molecule has 0 atom stereocenters. The summed E-state index contributed by atoms with van der Waals surface area (Å²) < 4.78 is 17.5. The lowest BCUT2D eigenvalue weighted by molar-refractivity contribution is -0.145. The van der Waals surface area contributed by atoms with Gasteiger partial charge in [-0.25, -0.2) is 4.98 Å². The Labute approximate surface area is 179 Å². The van der Waals surface area contributed by atoms with Crippen molar-refractivity contribution >= 4 is 34.3 Å². The van der Waals surface area contributed by atoms with E-state index in [1.54, 1.807) is 14.2 Å². The number of aromatic nitrogens is 4. The highest BCUT2D eigenvalue weighted by Gasteiger charge is 2.16. The first-order valence-corrected chi connectivity index (χ1v) is 10.1. The number of anilines is 1. The van der Waals surface area contributed by atoms with E-state index in [0.717, 1.165) is 36.1 Å². The number of rotatable bonds is 11. The van der Waals surface area contributed by atoms with Gasteiger partial charge in [-0.15, -0.1) is 10.2 Å². The Morgan fingerprint density at radius 3 is 2.52 bits per heavy atom. The van der Waals surface area contributed by atoms with Crippen LogP contribution >= 0.6 is 0 Å². The lowest BCUT2D eigenvalue weighted by atomic mass is 10.1. The Bertz CT molecular complexity index is 1090. The number of nitrogens with one attached hydrogen (secondary N) is 1. The van der Waals surface area contributed by atoms with Crippen LogP contribution in [0, 0.1) is 6.92 Å². The molecule has 0 saturated carbocycles. The molecule has 0 aliphatic carbocycles. The van der Waals surface area contributed by atoms with E-state index in [1.807, 2.05) is 23.5 Å². The van der Waals surface area contributed by atoms with E-state index >= 15 is 0 Å². The smallest absolute Gasteiger partial charge is 0.303 e. The molecule has 2 heterocycles. The molecule has 0 aliphatic rings. The Hall–Kier alpha value is -3.43. The highest BCUT2D eigenvalue weighted by Crippen LogP contribution is 2.33. The molecule has 10 heteroatoms. The predicted octanol–water partition coefficient (Wildman–Crippen LogP) is 2.71. The summed E-state index contributed by atoms with van der Waals surface area (Å²) in [6.07, 6.45) is 2.85. The van der Waals surface area contributed by atoms with E-state index < -0.39 is 5.97 Å². The summed E-state index contributed by atoms with van der Waals surface area (Å²) in [5.74, 6) is 2.07. The van der Waals surface area contributed by atoms with E-state index in [-0.39, 0.29) is 12.4 Å². The first kappa shape index (κ1) is 22.3. The maximum Gasteiger partial charge on any atom is 0.303 e. The molecular weight excluding hydrogens is 402 g/mol. The van der Waals surface area contributed by atoms with Crippen LogP contribution in [-0.4, -0.2) is 58.7 Å². The van der Waals surface area contributed by atoms with Crippen LogP contribution in [-0.2, 0) is 14.3 Å². The second kappa shape index (κ2) is 10.1. The second-order valence-electron chi connectivity index (χ2n) is 7.12. The zero-order chi connectivity index (χ0) is 22.4. The molecule has 1 N–H and O–H groups in total. The zero-order valence-electron chi connectivity index (χ0n) is 18.2. The minimum atomic E-state index is -0.438. The summed E-state index contributed by atoms with van der Waals surface area (Å²) in [5, 5.41) is 11.8. The lowest BCUT2D eigenvalue weighted by Gasteiger charge is -2.13. The summed E-state index contributed by atoms with van der Waals surface area (Å²) >= 11 is 0. The van der Waals surface area contributed by atoms with Crippen LogP contribution in [0.5, 0.6) is 11.5 Å². The molecule has 3 aromatic rings. The summed E-state index contributed by atoms with van der Waals surface area (Å²) in [7, 11) is 3.18. The first-order chi connectivity index (χ1) is 14.9. The average Bonchev–Trinajstić information content (AvgIpc) is 3.15. The first-order valence-electron chi connectivity index (χ1n) is 10.1. The zero-order valence-corrected chi connectivity index (χ0v) is 18.2. The number of Topliss-reactive ketones (excluding diaryl/α,β-unsaturated/α-hetero) is 1. The fourth-order valence-corrected chi connectivity index (χ4v) is 3.30. The quantitative estimate of drug-likeness (QED) is 0.363. The van der Waals surface area contributed by atoms with Gasteiger partial charge in [0.25, 0.3) is 0 Å². The molecule has 0 fully saturated rings. The number of hydrogen-bond donors (Lipinski definition) is 1. The number of ketones is 1. The number of methoxy groups -OCH3 is 2. The Morgan fingerprint density at radius 1 is 1.06 bits per heavy atom. The molecule has 0 bridgehead atoms. The van der Waals surface area contributed by atoms with E-state index in [0.29, 0.717) is 35.9 Å². The van der Waals surface area contributed by atoms with Gasteiger partial charge in [-0.2, -0.15) is 0 Å². The van der Waals surface area contributed by atoms with Crippen LogP contribution in [0.3, 0.4) is 0 Å². The fraction of sp³-hybridized carbons (Fsp3) is 0.476. The van der Waals surface area contributed by atoms with Gasteiger partial charge in [0.05, 0.1) is 25.3 Å². The monoisotopic (exact) mass is 429 g/mol. The van der Waals surface area contributed by atoms with Crippen LogP contribution in [0.15, 0.2) is 12.1 Å². The third-order valence-electron chi connectivity index (χ3n) is 4.85. The Balaban J connectivity index is 1.67. The van der Waals surface area contributed by atoms with Gasteiger partial charge in [0.2, 0.25) is 5.65 Å². The van der Waals surface area contributed by atoms with E-state index in [9.17, 15) is 9.59 Å². The third kappa shape index (κ3) is 5.19. The number of nitrogens with zero attached hydrogens (tertiary/aromatic N) is 4. The van der Waals surface area contributed by atoms with Crippen LogP contribution < -0.4 is 14.8 Å². The summed E-state index contributed by atoms with van der Waals surface area (Å²) in [4.78, 5) is 27.1. The van der Waals surface area contributed by atoms with Crippen LogP contribution in [0.25, 0.3) is 16.7 Å². The molecule has 0 aliphatic heterocycles. The van der Waals surface area contributed by atoms with Crippen molar-refractivity contribution in [3.63, 3.8) is 0 Å². The number of hydrogen-bond acceptors (Lipinski definition) is 9. The van der Waals surface area contributed by atoms with Crippen molar-refractivity contribution in [1.29, 1.82) is 0 Å². The van der Waals surface area contributed by atoms with Gasteiger partial charge >= 0.3 is 5.97 Å². The maximum atomic E-state index is 11.6. The van der Waals surface area contributed by atoms with E-state index in [4.69, 9.17) is 19.2 Å². The molecule has 10 nitrogen and oxygen atoms in total. The molecule has 0 radical (unpaired) electrons. The Kier molecular flexibility index (Phi) is 7.22. The summed E-state index contributed by atoms with van der Waals surface area (Å²) in [6, 6.07) is 3.69. The molecule has 2 aromatic heterocycles. The SMILES string of the molecule is COc1cc2nc(NCCCCCC(=O)COC(C)=O)c3nnc(C)n3c2cc1OC. The molecule has 0 saturated heterocycles. The Morgan fingerprint density at radius 2 is 1.81 bits per heavy atom. The molecule has 0 unspecified atom stereocenters. The number of aryl methyl sites for hydroxylation is 1. The fourth-order valence-electron chi connectivity index (χ4n) is 3.30. The topological polar surface area (TPSA) is 117 Å². The number of carbonyl (C=O) groups is 2. The molecule has 0 amide bonds. The van der Waals surface area contributed by atoms with Crippen molar-refractivity contribution in [2.75, 3.05) is 32.7 Å². The lowest BCUT2D eigenvalue weighted by Crippen LogP contribution is -2.11. The molecule has 3 rings (SSSR count). The predicted molar refractivity (Wildman–Crippen MR) is 115 cm³/mol. The summed E-state index contributed by atoms with van der Waals surface area (Å²) in [5.41, 5.74) is 2.19. The number of fused-ring (bicyclic) bond motifs is 3. The van der Waals surface area contributed by atoms with Crippen LogP contribution in [0.2, 0.25) is 0 Å². The van der Waals surface area contributed by atoms with Crippen molar-refractivity contribution in [3.8, 4) is 11.5 Å². The van der Waals surface area contributed by atoms with Gasteiger partial charge in [-0.1, -0.05) is 6.42 Å². The molecule has 166 valence electrons. The standard InChI is InChI=1S/C21H27N5O5/c1-13-24-25-21-20(22-9-7-5-6-8-15(28)12-31-14(2)27)23-16-10-18(29-3)19(30-4)11-17(16)26(13)21/h10-11H,5-9,12H2,1-4H3,(H,22,23). The molecule has 1 aromatic carbocycles. The molecule has 0 spiro atoms. The average molecular weight is 429 g/mol. The van der Waals surface area contributed by atoms with Gasteiger partial charge in [-0.05, 0) is 19.8 Å². The van der Waals surface area contributed by atoms with Gasteiger partial charge in [0, 0.05) is 32.0 Å². The number of benzene rings is 1. The minimum Gasteiger partial charge on any atom is -0.493 e. The highest BCUT2D eigenvalue weighted by molar-refractivity contribution is 5.86. The van der Waals surface area contributed by atoms with Gasteiger partial charge in [-0.3, -0.25) is 14.0 Å². The van der Waals surface area contributed by atoms with Crippen molar-refractivity contribution in [2.24, 2.45) is 0 Å². The normalized spacial score (nSPS) is 11.0. The van der Waals surface area contributed by atoms with Crippen molar-refractivity contribution in [1.82, 2.24) is 19.6 Å². The maximum absolute atomic E-state index is 11.6. The van der Waals surface area contributed by atoms with Crippen molar-refractivity contribution in [3.05, 3.63) is 18.0 Å². The largest absolute Gasteiger partial charge is 0.493 e. The minimum absolute atomic E-state index is 0.0654. The van der Waals surface area contributed by atoms with Crippen molar-refractivity contribution < 1.29 is 23.8 Å². The molecule has 31 heavy (non-hydrogen) atoms. The van der Waals surface area contributed by atoms with Crippen molar-refractivity contribution in [2.45, 2.75) is 39.5 Å². The van der Waals surface area contributed by atoms with Gasteiger partial charge < -0.3 is 19.5 Å².